The topological polar surface area (TPSA) is 53.0 Å². The molecule has 4 nitrogen and oxygen atoms in total. The van der Waals surface area contributed by atoms with E-state index in [0.717, 1.165) is 11.5 Å². The second-order valence-corrected chi connectivity index (χ2v) is 4.41. The van der Waals surface area contributed by atoms with Crippen LogP contribution >= 0.6 is 23.5 Å². The lowest BCUT2D eigenvalue weighted by molar-refractivity contribution is -0.831. The van der Waals surface area contributed by atoms with Gasteiger partial charge in [0.2, 0.25) is 0 Å². The van der Waals surface area contributed by atoms with Gasteiger partial charge in [-0.15, -0.1) is 0 Å². The molecule has 0 aromatic carbocycles. The van der Waals surface area contributed by atoms with Gasteiger partial charge in [-0.25, -0.2) is 0 Å². The Morgan fingerprint density at radius 3 is 2.67 bits per heavy atom. The van der Waals surface area contributed by atoms with Crippen molar-refractivity contribution in [3.8, 4) is 0 Å². The molecule has 0 unspecified atom stereocenters. The second kappa shape index (κ2) is 4.61. The van der Waals surface area contributed by atoms with E-state index < -0.39 is 0 Å². The van der Waals surface area contributed by atoms with Crippen LogP contribution in [0.2, 0.25) is 0 Å². The molecule has 0 atom stereocenters. The first-order chi connectivity index (χ1) is 5.79. The van der Waals surface area contributed by atoms with Crippen molar-refractivity contribution in [2.75, 3.05) is 11.5 Å². The molecule has 0 radical (unpaired) electrons. The molecule has 1 rings (SSSR count). The van der Waals surface area contributed by atoms with Crippen LogP contribution in [0.1, 0.15) is 13.8 Å². The van der Waals surface area contributed by atoms with Crippen LogP contribution in [0.5, 0.6) is 0 Å². The van der Waals surface area contributed by atoms with E-state index in [2.05, 4.69) is 9.79 Å². The van der Waals surface area contributed by atoms with Crippen molar-refractivity contribution in [1.29, 1.82) is 0 Å². The molecule has 0 aliphatic rings. The first kappa shape index (κ1) is 9.73. The Labute approximate surface area is 79.2 Å². The van der Waals surface area contributed by atoms with Crippen LogP contribution in [0.25, 0.3) is 0 Å². The van der Waals surface area contributed by atoms with Gasteiger partial charge in [0.15, 0.2) is 0 Å². The minimum Gasteiger partial charge on any atom is -0.359 e. The zero-order valence-corrected chi connectivity index (χ0v) is 8.57. The van der Waals surface area contributed by atoms with Crippen molar-refractivity contribution in [3.63, 3.8) is 0 Å². The number of hydrogen-bond donors (Lipinski definition) is 0. The molecule has 0 N–H and O–H groups in total. The fraction of sp³-hybridized carbons (Fsp3) is 0.667. The smallest absolute Gasteiger partial charge is 0.288 e. The van der Waals surface area contributed by atoms with Crippen LogP contribution in [-0.4, -0.2) is 16.7 Å². The summed E-state index contributed by atoms with van der Waals surface area (Å²) in [6.45, 7) is 3.99. The van der Waals surface area contributed by atoms with Gasteiger partial charge >= 0.3 is 0 Å². The quantitative estimate of drug-likeness (QED) is 0.552. The first-order valence-corrected chi connectivity index (χ1v) is 5.62. The summed E-state index contributed by atoms with van der Waals surface area (Å²) in [5.74, 6) is 1.74. The predicted octanol–water partition coefficient (Wildman–Crippen LogP) is 1.53. The van der Waals surface area contributed by atoms with Gasteiger partial charge in [-0.1, -0.05) is 37.4 Å². The summed E-state index contributed by atoms with van der Waals surface area (Å²) in [5.41, 5.74) is 0. The van der Waals surface area contributed by atoms with Crippen LogP contribution in [0.15, 0.2) is 14.7 Å². The number of rotatable bonds is 4. The highest BCUT2D eigenvalue weighted by atomic mass is 32.2. The molecule has 0 aliphatic carbocycles. The van der Waals surface area contributed by atoms with Gasteiger partial charge in [-0.2, -0.15) is 0 Å². The lowest BCUT2D eigenvalue weighted by Crippen LogP contribution is -2.25. The van der Waals surface area contributed by atoms with Crippen LogP contribution in [-0.2, 0) is 0 Å². The summed E-state index contributed by atoms with van der Waals surface area (Å²) in [6, 6.07) is 0. The zero-order valence-electron chi connectivity index (χ0n) is 6.94. The Kier molecular flexibility index (Phi) is 3.74. The highest BCUT2D eigenvalue weighted by molar-refractivity contribution is 8.02. The average Bonchev–Trinajstić information content (AvgIpc) is 2.37. The first-order valence-electron chi connectivity index (χ1n) is 3.64. The average molecular weight is 206 g/mol. The standard InChI is InChI=1S/C6H10N2O2S2/c1-3-11-5-6(12-4-2)8(9)10-7-5/h3-4H2,1-2H3. The van der Waals surface area contributed by atoms with E-state index in [1.165, 1.54) is 23.5 Å². The van der Waals surface area contributed by atoms with E-state index in [0.29, 0.717) is 15.0 Å². The van der Waals surface area contributed by atoms with E-state index in [9.17, 15) is 5.21 Å². The molecule has 1 aromatic rings. The van der Waals surface area contributed by atoms with Gasteiger partial charge < -0.3 is 5.21 Å². The van der Waals surface area contributed by atoms with Gasteiger partial charge in [-0.3, -0.25) is 4.63 Å². The van der Waals surface area contributed by atoms with Gasteiger partial charge in [-0.05, 0) is 16.4 Å². The lowest BCUT2D eigenvalue weighted by atomic mass is 10.9. The van der Waals surface area contributed by atoms with Gasteiger partial charge in [0, 0.05) is 0 Å². The molecular formula is C6H10N2O2S2. The van der Waals surface area contributed by atoms with Crippen LogP contribution in [0.4, 0.5) is 0 Å². The third-order valence-electron chi connectivity index (χ3n) is 1.11. The fourth-order valence-corrected chi connectivity index (χ4v) is 2.19. The SMILES string of the molecule is CCSc1no[n+]([O-])c1SCC. The summed E-state index contributed by atoms with van der Waals surface area (Å²) >= 11 is 2.96. The van der Waals surface area contributed by atoms with E-state index >= 15 is 0 Å². The second-order valence-electron chi connectivity index (χ2n) is 1.91. The van der Waals surface area contributed by atoms with Crippen molar-refractivity contribution < 1.29 is 9.53 Å². The Hall–Kier alpha value is -0.360. The van der Waals surface area contributed by atoms with Crippen molar-refractivity contribution in [2.24, 2.45) is 0 Å². The minimum atomic E-state index is 0.464. The molecule has 0 saturated heterocycles. The summed E-state index contributed by atoms with van der Waals surface area (Å²) in [7, 11) is 0. The molecule has 6 heteroatoms. The Bertz CT molecular complexity index is 252. The summed E-state index contributed by atoms with van der Waals surface area (Å²) in [5, 5.41) is 15.9. The Balaban J connectivity index is 2.80. The van der Waals surface area contributed by atoms with Crippen molar-refractivity contribution in [2.45, 2.75) is 23.9 Å². The van der Waals surface area contributed by atoms with Crippen LogP contribution in [0.3, 0.4) is 0 Å². The number of hydrogen-bond acceptors (Lipinski definition) is 5. The third-order valence-corrected chi connectivity index (χ3v) is 2.97. The van der Waals surface area contributed by atoms with E-state index in [1.807, 2.05) is 13.8 Å². The normalized spacial score (nSPS) is 10.5. The highest BCUT2D eigenvalue weighted by Crippen LogP contribution is 2.25. The van der Waals surface area contributed by atoms with Gasteiger partial charge in [0.25, 0.3) is 10.1 Å². The number of thioether (sulfide) groups is 2. The molecule has 0 aliphatic heterocycles. The molecule has 68 valence electrons. The molecule has 12 heavy (non-hydrogen) atoms. The molecule has 0 fully saturated rings. The number of aromatic nitrogens is 2. The summed E-state index contributed by atoms with van der Waals surface area (Å²) in [4.78, 5) is 0.464. The molecule has 1 heterocycles. The minimum absolute atomic E-state index is 0.464. The van der Waals surface area contributed by atoms with Gasteiger partial charge in [0.1, 0.15) is 0 Å². The Morgan fingerprint density at radius 1 is 1.42 bits per heavy atom. The number of nitrogens with zero attached hydrogens (tertiary/aromatic N) is 2. The summed E-state index contributed by atoms with van der Waals surface area (Å²) in [6.07, 6.45) is 0. The van der Waals surface area contributed by atoms with Crippen molar-refractivity contribution in [3.05, 3.63) is 5.21 Å². The zero-order chi connectivity index (χ0) is 8.97. The lowest BCUT2D eigenvalue weighted by Gasteiger charge is -1.92. The highest BCUT2D eigenvalue weighted by Gasteiger charge is 2.18. The largest absolute Gasteiger partial charge is 0.359 e. The Morgan fingerprint density at radius 2 is 2.08 bits per heavy atom. The molecule has 0 saturated carbocycles. The van der Waals surface area contributed by atoms with Crippen molar-refractivity contribution >= 4 is 23.5 Å². The maximum atomic E-state index is 11.0. The van der Waals surface area contributed by atoms with Crippen LogP contribution < -0.4 is 4.90 Å². The maximum Gasteiger partial charge on any atom is 0.288 e. The molecule has 0 bridgehead atoms. The third kappa shape index (κ3) is 2.07. The molecule has 0 amide bonds. The van der Waals surface area contributed by atoms with Gasteiger partial charge in [0.05, 0.1) is 5.16 Å². The molecular weight excluding hydrogens is 196 g/mol. The van der Waals surface area contributed by atoms with E-state index in [-0.39, 0.29) is 0 Å². The molecule has 1 aromatic heterocycles. The predicted molar refractivity (Wildman–Crippen MR) is 48.3 cm³/mol. The fourth-order valence-electron chi connectivity index (χ4n) is 0.704. The van der Waals surface area contributed by atoms with E-state index in [4.69, 9.17) is 0 Å². The molecule has 0 spiro atoms. The van der Waals surface area contributed by atoms with Crippen LogP contribution in [0, 0.1) is 5.21 Å². The monoisotopic (exact) mass is 206 g/mol. The van der Waals surface area contributed by atoms with Crippen molar-refractivity contribution in [1.82, 2.24) is 5.16 Å². The maximum absolute atomic E-state index is 11.0. The summed E-state index contributed by atoms with van der Waals surface area (Å²) < 4.78 is 4.47. The van der Waals surface area contributed by atoms with E-state index in [1.54, 1.807) is 0 Å².